The summed E-state index contributed by atoms with van der Waals surface area (Å²) >= 11 is 0. The molecule has 0 aromatic heterocycles. The van der Waals surface area contributed by atoms with Gasteiger partial charge in [-0.05, 0) is 0 Å². The Kier molecular flexibility index (Phi) is 2.46. The van der Waals surface area contributed by atoms with Crippen molar-refractivity contribution in [3.63, 3.8) is 0 Å². The molecular formula is C3H5NO5. The van der Waals surface area contributed by atoms with E-state index in [-0.39, 0.29) is 0 Å². The largest absolute Gasteiger partial charge is 0.478 e. The number of carboxylic acid groups (broad SMARTS) is 2. The first kappa shape index (κ1) is 7.70. The van der Waals surface area contributed by atoms with Crippen molar-refractivity contribution >= 4 is 12.1 Å². The summed E-state index contributed by atoms with van der Waals surface area (Å²) in [6, 6.07) is 0. The number of nitrogens with one attached hydrogen (secondary N) is 1. The van der Waals surface area contributed by atoms with Gasteiger partial charge in [0.05, 0.1) is 0 Å². The molecule has 0 fully saturated rings. The number of rotatable bonds is 2. The Labute approximate surface area is 49.7 Å². The van der Waals surface area contributed by atoms with E-state index in [2.05, 4.69) is 0 Å². The number of aliphatic hydroxyl groups is 1. The molecule has 6 nitrogen and oxygen atoms in total. The molecule has 1 amide bonds. The van der Waals surface area contributed by atoms with Gasteiger partial charge in [-0.25, -0.2) is 9.59 Å². The van der Waals surface area contributed by atoms with E-state index in [1.807, 2.05) is 0 Å². The number of amides is 1. The molecule has 0 aromatic carbocycles. The standard InChI is InChI=1S/C3H5NO5/c5-1(2(6)7)4-3(8)9/h1,4-5H,(H,6,7)(H,8,9). The normalized spacial score (nSPS) is 12.1. The smallest absolute Gasteiger partial charge is 0.407 e. The number of carboxylic acids is 1. The number of hydrogen-bond acceptors (Lipinski definition) is 3. The zero-order chi connectivity index (χ0) is 7.44. The van der Waals surface area contributed by atoms with Crippen LogP contribution in [0.2, 0.25) is 0 Å². The maximum absolute atomic E-state index is 9.66. The van der Waals surface area contributed by atoms with Crippen molar-refractivity contribution in [3.05, 3.63) is 0 Å². The van der Waals surface area contributed by atoms with Gasteiger partial charge in [-0.2, -0.15) is 0 Å². The van der Waals surface area contributed by atoms with Gasteiger partial charge < -0.3 is 15.3 Å². The summed E-state index contributed by atoms with van der Waals surface area (Å²) in [6.45, 7) is 0. The van der Waals surface area contributed by atoms with Crippen molar-refractivity contribution in [1.29, 1.82) is 0 Å². The van der Waals surface area contributed by atoms with Crippen LogP contribution in [0.5, 0.6) is 0 Å². The number of carbonyl (C=O) groups is 2. The van der Waals surface area contributed by atoms with Gasteiger partial charge in [0.1, 0.15) is 0 Å². The van der Waals surface area contributed by atoms with E-state index in [4.69, 9.17) is 15.3 Å². The fourth-order valence-corrected chi connectivity index (χ4v) is 0.179. The van der Waals surface area contributed by atoms with E-state index in [1.54, 1.807) is 0 Å². The third-order valence-electron chi connectivity index (χ3n) is 0.494. The van der Waals surface area contributed by atoms with Crippen LogP contribution >= 0.6 is 0 Å². The summed E-state index contributed by atoms with van der Waals surface area (Å²) in [7, 11) is 0. The molecule has 9 heavy (non-hydrogen) atoms. The molecule has 6 heteroatoms. The van der Waals surface area contributed by atoms with Crippen molar-refractivity contribution in [2.24, 2.45) is 0 Å². The van der Waals surface area contributed by atoms with E-state index in [9.17, 15) is 9.59 Å². The Bertz CT molecular complexity index is 132. The van der Waals surface area contributed by atoms with Crippen molar-refractivity contribution in [3.8, 4) is 0 Å². The second-order valence-electron chi connectivity index (χ2n) is 1.19. The molecule has 1 unspecified atom stereocenters. The topological polar surface area (TPSA) is 107 Å². The summed E-state index contributed by atoms with van der Waals surface area (Å²) in [4.78, 5) is 19.2. The minimum absolute atomic E-state index is 1.31. The van der Waals surface area contributed by atoms with Gasteiger partial charge in [0, 0.05) is 0 Å². The first-order valence-corrected chi connectivity index (χ1v) is 1.94. The third-order valence-corrected chi connectivity index (χ3v) is 0.494. The number of aliphatic hydroxyl groups excluding tert-OH is 1. The lowest BCUT2D eigenvalue weighted by Crippen LogP contribution is -2.39. The molecule has 0 aliphatic rings. The molecule has 0 aromatic rings. The first-order valence-electron chi connectivity index (χ1n) is 1.94. The highest BCUT2D eigenvalue weighted by atomic mass is 16.4. The highest BCUT2D eigenvalue weighted by molar-refractivity contribution is 5.77. The van der Waals surface area contributed by atoms with Crippen molar-refractivity contribution in [2.45, 2.75) is 6.23 Å². The predicted molar refractivity (Wildman–Crippen MR) is 24.8 cm³/mol. The SMILES string of the molecule is O=C(O)NC(O)C(=O)O. The average Bonchev–Trinajstić information content (AvgIpc) is 1.63. The fourth-order valence-electron chi connectivity index (χ4n) is 0.179. The predicted octanol–water partition coefficient (Wildman–Crippen LogP) is -1.34. The molecule has 0 aliphatic heterocycles. The van der Waals surface area contributed by atoms with Crippen LogP contribution in [0.15, 0.2) is 0 Å². The summed E-state index contributed by atoms with van der Waals surface area (Å²) < 4.78 is 0. The second-order valence-corrected chi connectivity index (χ2v) is 1.19. The zero-order valence-corrected chi connectivity index (χ0v) is 4.24. The lowest BCUT2D eigenvalue weighted by atomic mass is 10.6. The van der Waals surface area contributed by atoms with Gasteiger partial charge in [-0.3, -0.25) is 5.32 Å². The quantitative estimate of drug-likeness (QED) is 0.350. The highest BCUT2D eigenvalue weighted by Crippen LogP contribution is 1.74. The Morgan fingerprint density at radius 1 is 1.33 bits per heavy atom. The van der Waals surface area contributed by atoms with Crippen molar-refractivity contribution < 1.29 is 24.9 Å². The van der Waals surface area contributed by atoms with Gasteiger partial charge in [0.25, 0.3) is 0 Å². The summed E-state index contributed by atoms with van der Waals surface area (Å²) in [5, 5.41) is 25.2. The molecule has 1 atom stereocenters. The molecule has 0 heterocycles. The molecule has 0 radical (unpaired) electrons. The maximum atomic E-state index is 9.66. The Balaban J connectivity index is 3.63. The van der Waals surface area contributed by atoms with Crippen LogP contribution in [0.3, 0.4) is 0 Å². The van der Waals surface area contributed by atoms with E-state index in [0.717, 1.165) is 0 Å². The third kappa shape index (κ3) is 3.30. The van der Waals surface area contributed by atoms with Crippen LogP contribution in [-0.2, 0) is 4.79 Å². The maximum Gasteiger partial charge on any atom is 0.407 e. The Morgan fingerprint density at radius 3 is 1.89 bits per heavy atom. The minimum atomic E-state index is -2.04. The lowest BCUT2D eigenvalue weighted by Gasteiger charge is -2.01. The second kappa shape index (κ2) is 2.88. The molecule has 0 rings (SSSR count). The van der Waals surface area contributed by atoms with Gasteiger partial charge >= 0.3 is 12.1 Å². The Morgan fingerprint density at radius 2 is 1.78 bits per heavy atom. The van der Waals surface area contributed by atoms with E-state index in [1.165, 1.54) is 5.32 Å². The minimum Gasteiger partial charge on any atom is -0.478 e. The molecule has 0 saturated heterocycles. The van der Waals surface area contributed by atoms with Crippen LogP contribution in [0.25, 0.3) is 0 Å². The van der Waals surface area contributed by atoms with Gasteiger partial charge in [-0.15, -0.1) is 0 Å². The number of aliphatic carboxylic acids is 1. The molecule has 0 saturated carbocycles. The molecular weight excluding hydrogens is 130 g/mol. The van der Waals surface area contributed by atoms with Crippen LogP contribution in [-0.4, -0.2) is 33.6 Å². The van der Waals surface area contributed by atoms with Crippen molar-refractivity contribution in [2.75, 3.05) is 0 Å². The van der Waals surface area contributed by atoms with E-state index < -0.39 is 18.3 Å². The van der Waals surface area contributed by atoms with Crippen LogP contribution in [0.4, 0.5) is 4.79 Å². The monoisotopic (exact) mass is 135 g/mol. The molecule has 0 spiro atoms. The summed E-state index contributed by atoms with van der Waals surface area (Å²) in [6.07, 6.45) is -3.62. The van der Waals surface area contributed by atoms with Gasteiger partial charge in [0.15, 0.2) is 0 Å². The van der Waals surface area contributed by atoms with Gasteiger partial charge in [0.2, 0.25) is 6.23 Å². The fraction of sp³-hybridized carbons (Fsp3) is 0.333. The molecule has 0 bridgehead atoms. The Hall–Kier alpha value is -1.30. The zero-order valence-electron chi connectivity index (χ0n) is 4.24. The van der Waals surface area contributed by atoms with Crippen LogP contribution in [0, 0.1) is 0 Å². The first-order chi connectivity index (χ1) is 4.04. The molecule has 4 N–H and O–H groups in total. The molecule has 52 valence electrons. The van der Waals surface area contributed by atoms with Crippen molar-refractivity contribution in [1.82, 2.24) is 5.32 Å². The number of hydrogen-bond donors (Lipinski definition) is 4. The summed E-state index contributed by atoms with van der Waals surface area (Å²) in [5.74, 6) is -1.63. The van der Waals surface area contributed by atoms with E-state index >= 15 is 0 Å². The molecule has 0 aliphatic carbocycles. The average molecular weight is 135 g/mol. The highest BCUT2D eigenvalue weighted by Gasteiger charge is 2.13. The van der Waals surface area contributed by atoms with Gasteiger partial charge in [-0.1, -0.05) is 0 Å². The van der Waals surface area contributed by atoms with Crippen LogP contribution < -0.4 is 5.32 Å². The van der Waals surface area contributed by atoms with E-state index in [0.29, 0.717) is 0 Å². The summed E-state index contributed by atoms with van der Waals surface area (Å²) in [5.41, 5.74) is 0. The van der Waals surface area contributed by atoms with Crippen LogP contribution in [0.1, 0.15) is 0 Å². The lowest BCUT2D eigenvalue weighted by molar-refractivity contribution is -0.147.